The van der Waals surface area contributed by atoms with Gasteiger partial charge in [0.1, 0.15) is 17.4 Å². The lowest BCUT2D eigenvalue weighted by atomic mass is 10.2. The van der Waals surface area contributed by atoms with Gasteiger partial charge < -0.3 is 4.57 Å². The molecule has 1 N–H and O–H groups in total. The number of nitrogens with zero attached hydrogens (tertiary/aromatic N) is 8. The summed E-state index contributed by atoms with van der Waals surface area (Å²) in [6.45, 7) is 0.801. The molecule has 1 fully saturated rings. The van der Waals surface area contributed by atoms with Crippen molar-refractivity contribution in [3.63, 3.8) is 0 Å². The topological polar surface area (TPSA) is 121 Å². The van der Waals surface area contributed by atoms with Crippen LogP contribution in [0.4, 0.5) is 0 Å². The molecule has 5 aromatic rings. The number of aryl methyl sites for hydroxylation is 1. The number of benzene rings is 1. The lowest BCUT2D eigenvalue weighted by Crippen LogP contribution is -2.38. The number of halogens is 1. The van der Waals surface area contributed by atoms with Gasteiger partial charge in [0.15, 0.2) is 11.5 Å². The van der Waals surface area contributed by atoms with Gasteiger partial charge in [0.05, 0.1) is 17.8 Å². The predicted octanol–water partition coefficient (Wildman–Crippen LogP) is 1.68. The van der Waals surface area contributed by atoms with E-state index in [0.29, 0.717) is 40.0 Å². The zero-order chi connectivity index (χ0) is 22.9. The molecule has 12 heteroatoms. The third-order valence-electron chi connectivity index (χ3n) is 6.19. The van der Waals surface area contributed by atoms with Crippen LogP contribution in [0.15, 0.2) is 34.1 Å². The second-order valence-electron chi connectivity index (χ2n) is 8.53. The van der Waals surface area contributed by atoms with Crippen molar-refractivity contribution in [2.45, 2.75) is 25.9 Å². The number of fused-ring (bicyclic) bond motifs is 2. The molecule has 1 aliphatic rings. The number of hydrogen-bond donors (Lipinski definition) is 1. The SMILES string of the molecule is Cn1cnnc1-c1c2c(=O)n(C)c(=O)n(CC3CC3)c2nn1Cc1[nH]nc2ccc(Cl)cc12. The van der Waals surface area contributed by atoms with Crippen LogP contribution in [0.2, 0.25) is 5.02 Å². The van der Waals surface area contributed by atoms with E-state index in [9.17, 15) is 9.59 Å². The first-order valence-electron chi connectivity index (χ1n) is 10.6. The third kappa shape index (κ3) is 3.10. The fraction of sp³-hybridized carbons (Fsp3) is 0.333. The molecule has 0 bridgehead atoms. The molecular weight excluding hydrogens is 446 g/mol. The van der Waals surface area contributed by atoms with Crippen molar-refractivity contribution in [1.82, 2.24) is 43.9 Å². The number of nitrogens with one attached hydrogen (secondary N) is 1. The smallest absolute Gasteiger partial charge is 0.315 e. The molecule has 4 aromatic heterocycles. The zero-order valence-electron chi connectivity index (χ0n) is 18.0. The average molecular weight is 466 g/mol. The van der Waals surface area contributed by atoms with Gasteiger partial charge in [0, 0.05) is 31.0 Å². The lowest BCUT2D eigenvalue weighted by Gasteiger charge is -2.08. The van der Waals surface area contributed by atoms with E-state index >= 15 is 0 Å². The van der Waals surface area contributed by atoms with Crippen LogP contribution in [0.5, 0.6) is 0 Å². The minimum Gasteiger partial charge on any atom is -0.315 e. The molecule has 4 heterocycles. The number of aromatic amines is 1. The average Bonchev–Trinajstić information content (AvgIpc) is 3.21. The van der Waals surface area contributed by atoms with E-state index in [1.54, 1.807) is 33.3 Å². The van der Waals surface area contributed by atoms with E-state index in [1.165, 1.54) is 7.05 Å². The van der Waals surface area contributed by atoms with E-state index in [0.717, 1.165) is 34.0 Å². The second kappa shape index (κ2) is 7.14. The van der Waals surface area contributed by atoms with Gasteiger partial charge in [-0.25, -0.2) is 4.79 Å². The minimum atomic E-state index is -0.413. The van der Waals surface area contributed by atoms with Gasteiger partial charge in [-0.2, -0.15) is 10.2 Å². The van der Waals surface area contributed by atoms with Crippen molar-refractivity contribution >= 4 is 33.5 Å². The molecule has 1 saturated carbocycles. The van der Waals surface area contributed by atoms with E-state index in [2.05, 4.69) is 20.4 Å². The summed E-state index contributed by atoms with van der Waals surface area (Å²) in [5.74, 6) is 0.901. The van der Waals surface area contributed by atoms with Crippen molar-refractivity contribution in [2.75, 3.05) is 0 Å². The Bertz CT molecular complexity index is 1670. The van der Waals surface area contributed by atoms with Crippen LogP contribution in [0, 0.1) is 5.92 Å². The highest BCUT2D eigenvalue weighted by molar-refractivity contribution is 6.31. The van der Waals surface area contributed by atoms with E-state index in [4.69, 9.17) is 16.7 Å². The van der Waals surface area contributed by atoms with Crippen molar-refractivity contribution in [2.24, 2.45) is 20.0 Å². The molecule has 0 aliphatic heterocycles. The first-order valence-corrected chi connectivity index (χ1v) is 11.0. The number of H-pyrrole nitrogens is 1. The largest absolute Gasteiger partial charge is 0.332 e. The Morgan fingerprint density at radius 1 is 1.21 bits per heavy atom. The fourth-order valence-electron chi connectivity index (χ4n) is 4.23. The molecule has 1 aliphatic carbocycles. The summed E-state index contributed by atoms with van der Waals surface area (Å²) in [5.41, 5.74) is 1.62. The Morgan fingerprint density at radius 2 is 2.03 bits per heavy atom. The monoisotopic (exact) mass is 465 g/mol. The molecule has 0 radical (unpaired) electrons. The highest BCUT2D eigenvalue weighted by Crippen LogP contribution is 2.32. The molecule has 6 rings (SSSR count). The predicted molar refractivity (Wildman–Crippen MR) is 122 cm³/mol. The van der Waals surface area contributed by atoms with Crippen molar-refractivity contribution in [1.29, 1.82) is 0 Å². The molecule has 0 saturated heterocycles. The Kier molecular flexibility index (Phi) is 4.31. The summed E-state index contributed by atoms with van der Waals surface area (Å²) >= 11 is 6.21. The summed E-state index contributed by atoms with van der Waals surface area (Å²) in [5, 5.41) is 22.2. The zero-order valence-corrected chi connectivity index (χ0v) is 18.7. The highest BCUT2D eigenvalue weighted by Gasteiger charge is 2.29. The molecule has 11 nitrogen and oxygen atoms in total. The minimum absolute atomic E-state index is 0.272. The summed E-state index contributed by atoms with van der Waals surface area (Å²) < 4.78 is 6.16. The Morgan fingerprint density at radius 3 is 2.76 bits per heavy atom. The van der Waals surface area contributed by atoms with Crippen LogP contribution >= 0.6 is 11.6 Å². The van der Waals surface area contributed by atoms with E-state index in [1.807, 2.05) is 12.1 Å². The molecule has 33 heavy (non-hydrogen) atoms. The first kappa shape index (κ1) is 19.9. The van der Waals surface area contributed by atoms with Crippen molar-refractivity contribution < 1.29 is 0 Å². The molecule has 0 atom stereocenters. The van der Waals surface area contributed by atoms with Gasteiger partial charge in [0.2, 0.25) is 0 Å². The van der Waals surface area contributed by atoms with Crippen LogP contribution in [0.3, 0.4) is 0 Å². The first-order chi connectivity index (χ1) is 15.9. The van der Waals surface area contributed by atoms with Crippen molar-refractivity contribution in [3.05, 3.63) is 56.1 Å². The number of hydrogen-bond acceptors (Lipinski definition) is 6. The van der Waals surface area contributed by atoms with Crippen LogP contribution in [-0.2, 0) is 27.2 Å². The number of aromatic nitrogens is 9. The van der Waals surface area contributed by atoms with Gasteiger partial charge in [-0.15, -0.1) is 10.2 Å². The summed E-state index contributed by atoms with van der Waals surface area (Å²) in [7, 11) is 3.30. The van der Waals surface area contributed by atoms with Gasteiger partial charge >= 0.3 is 5.69 Å². The van der Waals surface area contributed by atoms with E-state index < -0.39 is 5.56 Å². The summed E-state index contributed by atoms with van der Waals surface area (Å²) in [6.07, 6.45) is 3.69. The lowest BCUT2D eigenvalue weighted by molar-refractivity contribution is 0.571. The van der Waals surface area contributed by atoms with Gasteiger partial charge in [-0.1, -0.05) is 11.6 Å². The summed E-state index contributed by atoms with van der Waals surface area (Å²) in [6, 6.07) is 5.45. The van der Waals surface area contributed by atoms with Crippen LogP contribution in [-0.4, -0.2) is 43.9 Å². The van der Waals surface area contributed by atoms with Crippen molar-refractivity contribution in [3.8, 4) is 11.5 Å². The van der Waals surface area contributed by atoms with Gasteiger partial charge in [-0.05, 0) is 37.0 Å². The maximum atomic E-state index is 13.3. The van der Waals surface area contributed by atoms with Crippen LogP contribution < -0.4 is 11.2 Å². The third-order valence-corrected chi connectivity index (χ3v) is 6.42. The second-order valence-corrected chi connectivity index (χ2v) is 8.97. The molecular formula is C21H20ClN9O2. The molecule has 168 valence electrons. The molecule has 1 aromatic carbocycles. The molecule has 0 unspecified atom stereocenters. The highest BCUT2D eigenvalue weighted by atomic mass is 35.5. The number of rotatable bonds is 5. The molecule has 0 amide bonds. The Hall–Kier alpha value is -3.73. The van der Waals surface area contributed by atoms with Gasteiger partial charge in [-0.3, -0.25) is 23.7 Å². The fourth-order valence-corrected chi connectivity index (χ4v) is 4.40. The maximum absolute atomic E-state index is 13.3. The normalized spacial score (nSPS) is 14.0. The van der Waals surface area contributed by atoms with E-state index in [-0.39, 0.29) is 12.2 Å². The standard InChI is InChI=1S/C21H20ClN9O2/c1-28-10-23-26-19(28)17-16-18(30(8-11-3-4-11)21(33)29(2)20(16)32)27-31(17)9-15-13-7-12(22)5-6-14(13)24-25-15/h5-7,10-11H,3-4,8-9H2,1-2H3,(H,24,25). The maximum Gasteiger partial charge on any atom is 0.332 e. The Labute approximate surface area is 191 Å². The summed E-state index contributed by atoms with van der Waals surface area (Å²) in [4.78, 5) is 26.3. The molecule has 0 spiro atoms. The van der Waals surface area contributed by atoms with Crippen LogP contribution in [0.1, 0.15) is 18.5 Å². The van der Waals surface area contributed by atoms with Gasteiger partial charge in [0.25, 0.3) is 5.56 Å². The Balaban J connectivity index is 1.64. The van der Waals surface area contributed by atoms with Crippen LogP contribution in [0.25, 0.3) is 33.5 Å². The quantitative estimate of drug-likeness (QED) is 0.421.